The van der Waals surface area contributed by atoms with Gasteiger partial charge in [0.2, 0.25) is 0 Å². The van der Waals surface area contributed by atoms with E-state index < -0.39 is 4.92 Å². The molecule has 0 heterocycles. The van der Waals surface area contributed by atoms with Gasteiger partial charge >= 0.3 is 0 Å². The first-order valence-electron chi connectivity index (χ1n) is 6.87. The Morgan fingerprint density at radius 2 is 2.10 bits per heavy atom. The van der Waals surface area contributed by atoms with Crippen molar-refractivity contribution >= 4 is 24.0 Å². The quantitative estimate of drug-likeness (QED) is 0.658. The van der Waals surface area contributed by atoms with Crippen LogP contribution in [0.1, 0.15) is 36.0 Å². The smallest absolute Gasteiger partial charge is 0.270 e. The molecule has 1 aliphatic rings. The van der Waals surface area contributed by atoms with Crippen molar-refractivity contribution in [3.8, 4) is 0 Å². The van der Waals surface area contributed by atoms with Crippen LogP contribution in [0.4, 0.5) is 5.69 Å². The van der Waals surface area contributed by atoms with E-state index in [4.69, 9.17) is 5.73 Å². The second-order valence-electron chi connectivity index (χ2n) is 5.17. The number of carbonyl (C=O) groups is 1. The molecule has 1 amide bonds. The van der Waals surface area contributed by atoms with Gasteiger partial charge in [-0.15, -0.1) is 12.4 Å². The lowest BCUT2D eigenvalue weighted by atomic mass is 9.84. The molecule has 7 heteroatoms. The molecule has 2 unspecified atom stereocenters. The highest BCUT2D eigenvalue weighted by Crippen LogP contribution is 2.24. The van der Waals surface area contributed by atoms with Crippen molar-refractivity contribution in [2.24, 2.45) is 11.7 Å². The topological polar surface area (TPSA) is 98.3 Å². The van der Waals surface area contributed by atoms with Gasteiger partial charge in [-0.2, -0.15) is 0 Å². The molecule has 1 aliphatic carbocycles. The molecular weight excluding hydrogens is 294 g/mol. The third kappa shape index (κ3) is 4.41. The van der Waals surface area contributed by atoms with Crippen LogP contribution in [-0.4, -0.2) is 23.4 Å². The van der Waals surface area contributed by atoms with Crippen molar-refractivity contribution in [1.29, 1.82) is 0 Å². The number of halogens is 1. The Bertz CT molecular complexity index is 510. The number of amides is 1. The van der Waals surface area contributed by atoms with Crippen LogP contribution in [0.5, 0.6) is 0 Å². The number of non-ortho nitro benzene ring substituents is 1. The number of carbonyl (C=O) groups excluding carboxylic acids is 1. The summed E-state index contributed by atoms with van der Waals surface area (Å²) in [6, 6.07) is 5.85. The largest absolute Gasteiger partial charge is 0.349 e. The number of nitro benzene ring substituents is 1. The fraction of sp³-hybridized carbons (Fsp3) is 0.500. The first-order valence-corrected chi connectivity index (χ1v) is 6.87. The number of rotatable bonds is 4. The Labute approximate surface area is 129 Å². The highest BCUT2D eigenvalue weighted by atomic mass is 35.5. The lowest BCUT2D eigenvalue weighted by Crippen LogP contribution is -2.44. The van der Waals surface area contributed by atoms with Crippen LogP contribution in [-0.2, 0) is 0 Å². The molecule has 2 rings (SSSR count). The van der Waals surface area contributed by atoms with Crippen LogP contribution < -0.4 is 11.1 Å². The van der Waals surface area contributed by atoms with E-state index in [0.29, 0.717) is 18.0 Å². The van der Waals surface area contributed by atoms with Gasteiger partial charge in [0, 0.05) is 23.7 Å². The van der Waals surface area contributed by atoms with Gasteiger partial charge in [0.1, 0.15) is 0 Å². The monoisotopic (exact) mass is 313 g/mol. The van der Waals surface area contributed by atoms with E-state index in [9.17, 15) is 14.9 Å². The van der Waals surface area contributed by atoms with Gasteiger partial charge in [-0.1, -0.05) is 18.9 Å². The standard InChI is InChI=1S/C14H19N3O3.ClH/c15-9-11-4-1-2-7-13(11)16-14(18)10-5-3-6-12(8-10)17(19)20;/h3,5-6,8,11,13H,1-2,4,7,9,15H2,(H,16,18);1H. The Morgan fingerprint density at radius 1 is 1.38 bits per heavy atom. The summed E-state index contributed by atoms with van der Waals surface area (Å²) in [5.41, 5.74) is 5.98. The van der Waals surface area contributed by atoms with Crippen LogP contribution in [0.2, 0.25) is 0 Å². The Balaban J connectivity index is 0.00000220. The van der Waals surface area contributed by atoms with Gasteiger partial charge in [0.25, 0.3) is 11.6 Å². The minimum atomic E-state index is -0.500. The minimum Gasteiger partial charge on any atom is -0.349 e. The molecular formula is C14H20ClN3O3. The zero-order chi connectivity index (χ0) is 14.5. The fourth-order valence-corrected chi connectivity index (χ4v) is 2.69. The lowest BCUT2D eigenvalue weighted by Gasteiger charge is -2.31. The van der Waals surface area contributed by atoms with Crippen molar-refractivity contribution in [2.45, 2.75) is 31.7 Å². The van der Waals surface area contributed by atoms with Crippen molar-refractivity contribution < 1.29 is 9.72 Å². The van der Waals surface area contributed by atoms with Crippen molar-refractivity contribution in [3.63, 3.8) is 0 Å². The molecule has 0 aromatic heterocycles. The van der Waals surface area contributed by atoms with E-state index in [0.717, 1.165) is 25.7 Å². The van der Waals surface area contributed by atoms with Crippen molar-refractivity contribution in [1.82, 2.24) is 5.32 Å². The number of hydrogen-bond acceptors (Lipinski definition) is 4. The van der Waals surface area contributed by atoms with E-state index in [1.807, 2.05) is 0 Å². The Morgan fingerprint density at radius 3 is 2.76 bits per heavy atom. The zero-order valence-corrected chi connectivity index (χ0v) is 12.5. The summed E-state index contributed by atoms with van der Waals surface area (Å²) in [7, 11) is 0. The molecule has 1 aromatic carbocycles. The molecule has 0 bridgehead atoms. The summed E-state index contributed by atoms with van der Waals surface area (Å²) in [5.74, 6) is 0.0328. The van der Waals surface area contributed by atoms with E-state index in [-0.39, 0.29) is 30.0 Å². The molecule has 1 fully saturated rings. The van der Waals surface area contributed by atoms with Gasteiger partial charge in [-0.3, -0.25) is 14.9 Å². The molecule has 6 nitrogen and oxygen atoms in total. The third-order valence-electron chi connectivity index (χ3n) is 3.85. The number of nitrogens with one attached hydrogen (secondary N) is 1. The molecule has 0 radical (unpaired) electrons. The zero-order valence-electron chi connectivity index (χ0n) is 11.7. The summed E-state index contributed by atoms with van der Waals surface area (Å²) < 4.78 is 0. The minimum absolute atomic E-state index is 0. The summed E-state index contributed by atoms with van der Waals surface area (Å²) in [5, 5.41) is 13.7. The number of nitrogens with zero attached hydrogens (tertiary/aromatic N) is 1. The first-order chi connectivity index (χ1) is 9.61. The predicted molar refractivity (Wildman–Crippen MR) is 82.6 cm³/mol. The predicted octanol–water partition coefficient (Wildman–Crippen LogP) is 2.26. The molecule has 0 aliphatic heterocycles. The molecule has 0 spiro atoms. The third-order valence-corrected chi connectivity index (χ3v) is 3.85. The maximum Gasteiger partial charge on any atom is 0.270 e. The van der Waals surface area contributed by atoms with Gasteiger partial charge in [-0.25, -0.2) is 0 Å². The van der Waals surface area contributed by atoms with E-state index in [2.05, 4.69) is 5.32 Å². The average Bonchev–Trinajstić information content (AvgIpc) is 2.48. The van der Waals surface area contributed by atoms with Gasteiger partial charge < -0.3 is 11.1 Å². The molecule has 3 N–H and O–H groups in total. The average molecular weight is 314 g/mol. The second-order valence-corrected chi connectivity index (χ2v) is 5.17. The number of nitro groups is 1. The van der Waals surface area contributed by atoms with Crippen LogP contribution in [0.15, 0.2) is 24.3 Å². The summed E-state index contributed by atoms with van der Waals surface area (Å²) >= 11 is 0. The van der Waals surface area contributed by atoms with E-state index >= 15 is 0 Å². The van der Waals surface area contributed by atoms with Crippen LogP contribution in [0.25, 0.3) is 0 Å². The highest BCUT2D eigenvalue weighted by Gasteiger charge is 2.25. The van der Waals surface area contributed by atoms with Crippen molar-refractivity contribution in [3.05, 3.63) is 39.9 Å². The van der Waals surface area contributed by atoms with E-state index in [1.165, 1.54) is 18.2 Å². The van der Waals surface area contributed by atoms with Crippen LogP contribution in [0, 0.1) is 16.0 Å². The summed E-state index contributed by atoms with van der Waals surface area (Å²) in [6.07, 6.45) is 4.17. The number of nitrogens with two attached hydrogens (primary N) is 1. The Hall–Kier alpha value is -1.66. The molecule has 0 saturated heterocycles. The highest BCUT2D eigenvalue weighted by molar-refractivity contribution is 5.95. The number of hydrogen-bond donors (Lipinski definition) is 2. The van der Waals surface area contributed by atoms with Crippen molar-refractivity contribution in [2.75, 3.05) is 6.54 Å². The molecule has 1 aromatic rings. The van der Waals surface area contributed by atoms with Gasteiger partial charge in [0.05, 0.1) is 4.92 Å². The maximum atomic E-state index is 12.2. The molecule has 2 atom stereocenters. The molecule has 21 heavy (non-hydrogen) atoms. The fourth-order valence-electron chi connectivity index (χ4n) is 2.69. The first kappa shape index (κ1) is 17.4. The molecule has 1 saturated carbocycles. The summed E-state index contributed by atoms with van der Waals surface area (Å²) in [6.45, 7) is 0.555. The van der Waals surface area contributed by atoms with Gasteiger partial charge in [0.15, 0.2) is 0 Å². The Kier molecular flexibility index (Phi) is 6.58. The van der Waals surface area contributed by atoms with E-state index in [1.54, 1.807) is 6.07 Å². The number of benzene rings is 1. The van der Waals surface area contributed by atoms with Crippen LogP contribution >= 0.6 is 12.4 Å². The van der Waals surface area contributed by atoms with Gasteiger partial charge in [-0.05, 0) is 31.4 Å². The SMILES string of the molecule is Cl.NCC1CCCCC1NC(=O)c1cccc([N+](=O)[O-])c1. The second kappa shape index (κ2) is 7.95. The lowest BCUT2D eigenvalue weighted by molar-refractivity contribution is -0.384. The maximum absolute atomic E-state index is 12.2. The molecule has 116 valence electrons. The summed E-state index contributed by atoms with van der Waals surface area (Å²) in [4.78, 5) is 22.4. The van der Waals surface area contributed by atoms with Crippen LogP contribution in [0.3, 0.4) is 0 Å². The normalized spacial score (nSPS) is 21.2.